The monoisotopic (exact) mass is 372 g/mol. The van der Waals surface area contributed by atoms with Gasteiger partial charge in [0.1, 0.15) is 0 Å². The molecule has 2 N–H and O–H groups in total. The van der Waals surface area contributed by atoms with E-state index >= 15 is 0 Å². The van der Waals surface area contributed by atoms with E-state index in [1.165, 1.54) is 16.7 Å². The molecule has 0 spiro atoms. The quantitative estimate of drug-likeness (QED) is 0.456. The highest BCUT2D eigenvalue weighted by Crippen LogP contribution is 2.17. The van der Waals surface area contributed by atoms with E-state index in [0.717, 1.165) is 30.2 Å². The Morgan fingerprint density at radius 2 is 1.80 bits per heavy atom. The molecule has 134 valence electrons. The molecule has 2 aromatic carbocycles. The van der Waals surface area contributed by atoms with Crippen LogP contribution >= 0.6 is 24.0 Å². The number of hydrogen-bond acceptors (Lipinski definition) is 2. The molecule has 25 heavy (non-hydrogen) atoms. The normalized spacial score (nSPS) is 10.7. The van der Waals surface area contributed by atoms with Gasteiger partial charge in [0.25, 0.3) is 0 Å². The number of hydrogen-bond donors (Lipinski definition) is 2. The van der Waals surface area contributed by atoms with Gasteiger partial charge < -0.3 is 10.6 Å². The Morgan fingerprint density at radius 1 is 1.08 bits per heavy atom. The first-order chi connectivity index (χ1) is 12.1. The molecular formula is C21H28N2S2. The minimum Gasteiger partial charge on any atom is -0.362 e. The molecule has 0 radical (unpaired) electrons. The topological polar surface area (TPSA) is 24.1 Å². The molecule has 2 nitrogen and oxygen atoms in total. The van der Waals surface area contributed by atoms with Crippen molar-refractivity contribution in [2.75, 3.05) is 17.6 Å². The first-order valence-corrected chi connectivity index (χ1v) is 10.4. The van der Waals surface area contributed by atoms with E-state index in [1.54, 1.807) is 0 Å². The maximum Gasteiger partial charge on any atom is 0.170 e. The number of nitrogens with one attached hydrogen (secondary N) is 2. The minimum absolute atomic E-state index is 0.552. The Morgan fingerprint density at radius 3 is 2.48 bits per heavy atom. The summed E-state index contributed by atoms with van der Waals surface area (Å²) in [7, 11) is 0. The molecule has 0 unspecified atom stereocenters. The SMILES string of the molecule is Cc1ccccc1CSCCCNC(=S)Nc1ccc(C(C)C)cc1. The van der Waals surface area contributed by atoms with Crippen LogP contribution in [0, 0.1) is 6.92 Å². The van der Waals surface area contributed by atoms with Crippen LogP contribution in [0.5, 0.6) is 0 Å². The molecule has 0 saturated carbocycles. The van der Waals surface area contributed by atoms with Crippen LogP contribution in [-0.4, -0.2) is 17.4 Å². The molecule has 0 fully saturated rings. The second-order valence-electron chi connectivity index (χ2n) is 6.49. The van der Waals surface area contributed by atoms with Crippen LogP contribution in [0.4, 0.5) is 5.69 Å². The summed E-state index contributed by atoms with van der Waals surface area (Å²) >= 11 is 7.34. The highest BCUT2D eigenvalue weighted by atomic mass is 32.2. The van der Waals surface area contributed by atoms with Crippen molar-refractivity contribution in [3.05, 3.63) is 65.2 Å². The van der Waals surface area contributed by atoms with Gasteiger partial charge in [-0.2, -0.15) is 11.8 Å². The highest BCUT2D eigenvalue weighted by Gasteiger charge is 2.01. The summed E-state index contributed by atoms with van der Waals surface area (Å²) in [6, 6.07) is 17.1. The number of anilines is 1. The number of rotatable bonds is 8. The fraction of sp³-hybridized carbons (Fsp3) is 0.381. The lowest BCUT2D eigenvalue weighted by molar-refractivity contribution is 0.854. The van der Waals surface area contributed by atoms with Crippen LogP contribution in [0.3, 0.4) is 0 Å². The van der Waals surface area contributed by atoms with E-state index in [4.69, 9.17) is 12.2 Å². The van der Waals surface area contributed by atoms with Gasteiger partial charge in [-0.05, 0) is 66.1 Å². The van der Waals surface area contributed by atoms with Crippen LogP contribution < -0.4 is 10.6 Å². The second kappa shape index (κ2) is 10.5. The van der Waals surface area contributed by atoms with Gasteiger partial charge in [-0.3, -0.25) is 0 Å². The summed E-state index contributed by atoms with van der Waals surface area (Å²) in [5.41, 5.74) is 5.19. The van der Waals surface area contributed by atoms with Crippen LogP contribution in [0.2, 0.25) is 0 Å². The molecule has 2 aromatic rings. The smallest absolute Gasteiger partial charge is 0.170 e. The third-order valence-corrected chi connectivity index (χ3v) is 5.44. The standard InChI is InChI=1S/C21H28N2S2/c1-16(2)18-9-11-20(12-10-18)23-21(24)22-13-6-14-25-15-19-8-5-4-7-17(19)3/h4-5,7-12,16H,6,13-15H2,1-3H3,(H2,22,23,24). The Bertz CT molecular complexity index is 666. The summed E-state index contributed by atoms with van der Waals surface area (Å²) in [5.74, 6) is 2.77. The summed E-state index contributed by atoms with van der Waals surface area (Å²) in [4.78, 5) is 0. The number of benzene rings is 2. The fourth-order valence-corrected chi connectivity index (χ4v) is 3.71. The summed E-state index contributed by atoms with van der Waals surface area (Å²) in [6.07, 6.45) is 1.10. The average Bonchev–Trinajstić information content (AvgIpc) is 2.60. The van der Waals surface area contributed by atoms with Gasteiger partial charge in [0.05, 0.1) is 0 Å². The van der Waals surface area contributed by atoms with Crippen LogP contribution in [0.1, 0.15) is 42.9 Å². The maximum atomic E-state index is 5.36. The third kappa shape index (κ3) is 7.09. The third-order valence-electron chi connectivity index (χ3n) is 4.11. The van der Waals surface area contributed by atoms with Crippen molar-refractivity contribution >= 4 is 34.8 Å². The zero-order valence-corrected chi connectivity index (χ0v) is 17.0. The van der Waals surface area contributed by atoms with Crippen molar-refractivity contribution in [2.24, 2.45) is 0 Å². The van der Waals surface area contributed by atoms with E-state index < -0.39 is 0 Å². The van der Waals surface area contributed by atoms with Gasteiger partial charge in [-0.25, -0.2) is 0 Å². The molecular weight excluding hydrogens is 344 g/mol. The van der Waals surface area contributed by atoms with Gasteiger partial charge in [0.15, 0.2) is 5.11 Å². The zero-order valence-electron chi connectivity index (χ0n) is 15.3. The average molecular weight is 373 g/mol. The molecule has 2 rings (SSSR count). The highest BCUT2D eigenvalue weighted by molar-refractivity contribution is 7.98. The predicted octanol–water partition coefficient (Wildman–Crippen LogP) is 5.73. The van der Waals surface area contributed by atoms with Gasteiger partial charge in [-0.1, -0.05) is 50.2 Å². The summed E-state index contributed by atoms with van der Waals surface area (Å²) < 4.78 is 0. The number of aryl methyl sites for hydroxylation is 1. The fourth-order valence-electron chi connectivity index (χ4n) is 2.46. The molecule has 0 aliphatic heterocycles. The maximum absolute atomic E-state index is 5.36. The van der Waals surface area contributed by atoms with Crippen LogP contribution in [0.25, 0.3) is 0 Å². The predicted molar refractivity (Wildman–Crippen MR) is 117 cm³/mol. The second-order valence-corrected chi connectivity index (χ2v) is 8.00. The molecule has 0 amide bonds. The Balaban J connectivity index is 1.60. The lowest BCUT2D eigenvalue weighted by Crippen LogP contribution is -2.29. The van der Waals surface area contributed by atoms with Gasteiger partial charge in [-0.15, -0.1) is 0 Å². The van der Waals surface area contributed by atoms with E-state index in [-0.39, 0.29) is 0 Å². The molecule has 0 saturated heterocycles. The largest absolute Gasteiger partial charge is 0.362 e. The van der Waals surface area contributed by atoms with E-state index in [1.807, 2.05) is 11.8 Å². The van der Waals surface area contributed by atoms with Crippen molar-refractivity contribution < 1.29 is 0 Å². The molecule has 4 heteroatoms. The van der Waals surface area contributed by atoms with Gasteiger partial charge in [0, 0.05) is 18.0 Å². The Kier molecular flexibility index (Phi) is 8.29. The number of thiocarbonyl (C=S) groups is 1. The van der Waals surface area contributed by atoms with E-state index in [0.29, 0.717) is 11.0 Å². The van der Waals surface area contributed by atoms with Crippen molar-refractivity contribution in [3.8, 4) is 0 Å². The van der Waals surface area contributed by atoms with Crippen molar-refractivity contribution in [2.45, 2.75) is 38.9 Å². The Labute approximate surface area is 161 Å². The molecule has 0 bridgehead atoms. The molecule has 0 heterocycles. The van der Waals surface area contributed by atoms with E-state index in [2.05, 4.69) is 79.9 Å². The lowest BCUT2D eigenvalue weighted by Gasteiger charge is -2.12. The van der Waals surface area contributed by atoms with Gasteiger partial charge in [0.2, 0.25) is 0 Å². The minimum atomic E-state index is 0.552. The van der Waals surface area contributed by atoms with Crippen LogP contribution in [0.15, 0.2) is 48.5 Å². The molecule has 0 aromatic heterocycles. The van der Waals surface area contributed by atoms with Crippen molar-refractivity contribution in [1.29, 1.82) is 0 Å². The summed E-state index contributed by atoms with van der Waals surface area (Å²) in [6.45, 7) is 7.48. The van der Waals surface area contributed by atoms with Gasteiger partial charge >= 0.3 is 0 Å². The van der Waals surface area contributed by atoms with Crippen molar-refractivity contribution in [1.82, 2.24) is 5.32 Å². The first-order valence-electron chi connectivity index (χ1n) is 8.83. The summed E-state index contributed by atoms with van der Waals surface area (Å²) in [5, 5.41) is 7.23. The molecule has 0 atom stereocenters. The number of thioether (sulfide) groups is 1. The first kappa shape index (κ1) is 19.8. The molecule has 0 aliphatic carbocycles. The molecule has 0 aliphatic rings. The van der Waals surface area contributed by atoms with Crippen LogP contribution in [-0.2, 0) is 5.75 Å². The van der Waals surface area contributed by atoms with E-state index in [9.17, 15) is 0 Å². The lowest BCUT2D eigenvalue weighted by atomic mass is 10.0. The van der Waals surface area contributed by atoms with Crippen molar-refractivity contribution in [3.63, 3.8) is 0 Å². The Hall–Kier alpha value is -1.52. The zero-order chi connectivity index (χ0) is 18.1.